The molecule has 166 valence electrons. The van der Waals surface area contributed by atoms with E-state index in [2.05, 4.69) is 11.9 Å². The van der Waals surface area contributed by atoms with Gasteiger partial charge in [0.1, 0.15) is 5.56 Å². The average molecular weight is 409 g/mol. The molecule has 6 heteroatoms. The van der Waals surface area contributed by atoms with Crippen LogP contribution in [0.2, 0.25) is 0 Å². The Kier molecular flexibility index (Phi) is 14.8. The maximum atomic E-state index is 11.8. The monoisotopic (exact) mass is 408 g/mol. The summed E-state index contributed by atoms with van der Waals surface area (Å²) in [4.78, 5) is 38.5. The molecule has 0 aliphatic rings. The first-order valence-electron chi connectivity index (χ1n) is 11.6. The van der Waals surface area contributed by atoms with Crippen molar-refractivity contribution in [1.82, 2.24) is 9.97 Å². The molecule has 1 aromatic heterocycles. The second-order valence-corrected chi connectivity index (χ2v) is 7.92. The molecular weight excluding hydrogens is 368 g/mol. The van der Waals surface area contributed by atoms with Crippen LogP contribution in [0.25, 0.3) is 0 Å². The molecule has 0 aromatic carbocycles. The van der Waals surface area contributed by atoms with Crippen molar-refractivity contribution < 1.29 is 9.53 Å². The minimum Gasteiger partial charge on any atom is -0.462 e. The third-order valence-corrected chi connectivity index (χ3v) is 5.27. The number of carbonyl (C=O) groups excluding carboxylic acids is 1. The lowest BCUT2D eigenvalue weighted by atomic mass is 10.0. The van der Waals surface area contributed by atoms with Crippen molar-refractivity contribution in [2.24, 2.45) is 0 Å². The van der Waals surface area contributed by atoms with E-state index in [1.165, 1.54) is 83.5 Å². The van der Waals surface area contributed by atoms with Gasteiger partial charge < -0.3 is 9.72 Å². The van der Waals surface area contributed by atoms with Crippen LogP contribution in [0.4, 0.5) is 0 Å². The minimum atomic E-state index is -0.717. The van der Waals surface area contributed by atoms with E-state index in [-0.39, 0.29) is 5.56 Å². The Balaban J connectivity index is 1.85. The minimum absolute atomic E-state index is 0.166. The molecule has 1 rings (SSSR count). The van der Waals surface area contributed by atoms with Crippen molar-refractivity contribution in [3.05, 3.63) is 32.6 Å². The Morgan fingerprint density at radius 1 is 0.759 bits per heavy atom. The predicted molar refractivity (Wildman–Crippen MR) is 118 cm³/mol. The van der Waals surface area contributed by atoms with Crippen molar-refractivity contribution in [2.45, 2.75) is 110 Å². The second kappa shape index (κ2) is 17.0. The van der Waals surface area contributed by atoms with Gasteiger partial charge in [-0.3, -0.25) is 9.78 Å². The van der Waals surface area contributed by atoms with Gasteiger partial charge in [-0.15, -0.1) is 0 Å². The zero-order chi connectivity index (χ0) is 21.2. The van der Waals surface area contributed by atoms with Crippen LogP contribution in [0.15, 0.2) is 15.8 Å². The van der Waals surface area contributed by atoms with Crippen molar-refractivity contribution in [3.8, 4) is 0 Å². The summed E-state index contributed by atoms with van der Waals surface area (Å²) >= 11 is 0. The van der Waals surface area contributed by atoms with Crippen molar-refractivity contribution in [1.29, 1.82) is 0 Å². The van der Waals surface area contributed by atoms with Crippen LogP contribution in [0, 0.1) is 0 Å². The van der Waals surface area contributed by atoms with E-state index in [0.29, 0.717) is 6.61 Å². The van der Waals surface area contributed by atoms with Crippen LogP contribution < -0.4 is 11.2 Å². The first-order valence-corrected chi connectivity index (χ1v) is 11.6. The van der Waals surface area contributed by atoms with E-state index in [4.69, 9.17) is 4.74 Å². The number of nitrogens with one attached hydrogen (secondary N) is 2. The first-order chi connectivity index (χ1) is 14.1. The van der Waals surface area contributed by atoms with Gasteiger partial charge in [0.2, 0.25) is 0 Å². The molecule has 6 nitrogen and oxygen atoms in total. The van der Waals surface area contributed by atoms with Crippen LogP contribution >= 0.6 is 0 Å². The molecule has 1 heterocycles. The Hall–Kier alpha value is -1.85. The number of hydrogen-bond donors (Lipinski definition) is 2. The third-order valence-electron chi connectivity index (χ3n) is 5.27. The number of aromatic nitrogens is 2. The summed E-state index contributed by atoms with van der Waals surface area (Å²) in [6, 6.07) is 0. The molecule has 0 saturated carbocycles. The van der Waals surface area contributed by atoms with E-state index in [0.717, 1.165) is 25.5 Å². The van der Waals surface area contributed by atoms with Gasteiger partial charge >= 0.3 is 11.7 Å². The molecule has 0 aliphatic carbocycles. The standard InChI is InChI=1S/C23H40N2O4/c1-2-3-4-5-6-7-8-9-10-11-12-13-14-15-16-17-18-29-22(27)20-19-24-23(28)25-21(20)26/h19H,2-18H2,1H3,(H2,24,25,26,28). The highest BCUT2D eigenvalue weighted by molar-refractivity contribution is 5.88. The third kappa shape index (κ3) is 13.1. The molecular formula is C23H40N2O4. The summed E-state index contributed by atoms with van der Waals surface area (Å²) in [6.45, 7) is 2.56. The molecule has 0 spiro atoms. The average Bonchev–Trinajstić information content (AvgIpc) is 2.70. The number of carbonyl (C=O) groups is 1. The zero-order valence-corrected chi connectivity index (χ0v) is 18.2. The van der Waals surface area contributed by atoms with Gasteiger partial charge in [-0.2, -0.15) is 0 Å². The molecule has 0 radical (unpaired) electrons. The molecule has 0 amide bonds. The lowest BCUT2D eigenvalue weighted by Crippen LogP contribution is -2.28. The highest BCUT2D eigenvalue weighted by Crippen LogP contribution is 2.13. The van der Waals surface area contributed by atoms with E-state index in [1.54, 1.807) is 0 Å². The number of unbranched alkanes of at least 4 members (excludes halogenated alkanes) is 15. The van der Waals surface area contributed by atoms with Crippen molar-refractivity contribution in [3.63, 3.8) is 0 Å². The number of rotatable bonds is 18. The Labute approximate surface area is 174 Å². The highest BCUT2D eigenvalue weighted by Gasteiger charge is 2.11. The summed E-state index contributed by atoms with van der Waals surface area (Å²) in [6.07, 6.45) is 21.8. The fourth-order valence-corrected chi connectivity index (χ4v) is 3.45. The van der Waals surface area contributed by atoms with E-state index < -0.39 is 17.2 Å². The van der Waals surface area contributed by atoms with E-state index >= 15 is 0 Å². The number of ether oxygens (including phenoxy) is 1. The summed E-state index contributed by atoms with van der Waals surface area (Å²) in [5.74, 6) is -0.691. The Morgan fingerprint density at radius 2 is 1.21 bits per heavy atom. The first kappa shape index (κ1) is 25.2. The van der Waals surface area contributed by atoms with Crippen LogP contribution in [-0.2, 0) is 4.74 Å². The second-order valence-electron chi connectivity index (χ2n) is 7.92. The molecule has 0 bridgehead atoms. The molecule has 1 aromatic rings. The normalized spacial score (nSPS) is 10.9. The van der Waals surface area contributed by atoms with Crippen LogP contribution in [0.5, 0.6) is 0 Å². The molecule has 0 saturated heterocycles. The van der Waals surface area contributed by atoms with Gasteiger partial charge in [-0.25, -0.2) is 9.59 Å². The molecule has 29 heavy (non-hydrogen) atoms. The Morgan fingerprint density at radius 3 is 1.66 bits per heavy atom. The maximum absolute atomic E-state index is 11.8. The van der Waals surface area contributed by atoms with Gasteiger partial charge in [-0.1, -0.05) is 103 Å². The van der Waals surface area contributed by atoms with Crippen LogP contribution in [0.3, 0.4) is 0 Å². The van der Waals surface area contributed by atoms with Gasteiger partial charge in [-0.05, 0) is 6.42 Å². The molecule has 0 unspecified atom stereocenters. The van der Waals surface area contributed by atoms with E-state index in [9.17, 15) is 14.4 Å². The number of esters is 1. The van der Waals surface area contributed by atoms with Crippen LogP contribution in [-0.4, -0.2) is 22.5 Å². The summed E-state index contributed by atoms with van der Waals surface area (Å²) in [5, 5.41) is 0. The van der Waals surface area contributed by atoms with Gasteiger partial charge in [0.05, 0.1) is 6.61 Å². The topological polar surface area (TPSA) is 92.0 Å². The maximum Gasteiger partial charge on any atom is 0.345 e. The number of aromatic amines is 2. The number of H-pyrrole nitrogens is 2. The largest absolute Gasteiger partial charge is 0.462 e. The van der Waals surface area contributed by atoms with Gasteiger partial charge in [0, 0.05) is 6.20 Å². The number of hydrogen-bond acceptors (Lipinski definition) is 4. The molecule has 0 fully saturated rings. The van der Waals surface area contributed by atoms with E-state index in [1.807, 2.05) is 4.98 Å². The summed E-state index contributed by atoms with van der Waals surface area (Å²) < 4.78 is 5.09. The fraction of sp³-hybridized carbons (Fsp3) is 0.783. The van der Waals surface area contributed by atoms with Crippen LogP contribution in [0.1, 0.15) is 120 Å². The SMILES string of the molecule is CCCCCCCCCCCCCCCCCCOC(=O)c1c[nH]c(=O)[nH]c1=O. The van der Waals surface area contributed by atoms with Gasteiger partial charge in [0.15, 0.2) is 0 Å². The lowest BCUT2D eigenvalue weighted by molar-refractivity contribution is 0.0495. The Bertz CT molecular complexity index is 651. The summed E-state index contributed by atoms with van der Waals surface area (Å²) in [5.41, 5.74) is -1.52. The molecule has 0 atom stereocenters. The molecule has 2 N–H and O–H groups in total. The van der Waals surface area contributed by atoms with Gasteiger partial charge in [0.25, 0.3) is 5.56 Å². The zero-order valence-electron chi connectivity index (χ0n) is 18.2. The highest BCUT2D eigenvalue weighted by atomic mass is 16.5. The fourth-order valence-electron chi connectivity index (χ4n) is 3.45. The molecule has 0 aliphatic heterocycles. The summed E-state index contributed by atoms with van der Waals surface area (Å²) in [7, 11) is 0. The smallest absolute Gasteiger partial charge is 0.345 e. The van der Waals surface area contributed by atoms with Crippen molar-refractivity contribution in [2.75, 3.05) is 6.61 Å². The quantitative estimate of drug-likeness (QED) is 0.248. The van der Waals surface area contributed by atoms with Crippen molar-refractivity contribution >= 4 is 5.97 Å². The predicted octanol–water partition coefficient (Wildman–Crippen LogP) is 5.48. The lowest BCUT2D eigenvalue weighted by Gasteiger charge is -2.05.